The molecule has 1 N–H and O–H groups in total. The van der Waals surface area contributed by atoms with E-state index in [4.69, 9.17) is 0 Å². The van der Waals surface area contributed by atoms with Gasteiger partial charge in [-0.15, -0.1) is 0 Å². The number of rotatable bonds is 2. The lowest BCUT2D eigenvalue weighted by atomic mass is 9.70. The van der Waals surface area contributed by atoms with Crippen LogP contribution in [0.15, 0.2) is 24.3 Å². The SMILES string of the molecule is CC1(CN2CCNc3ccccc32)CCC1. The molecule has 86 valence electrons. The summed E-state index contributed by atoms with van der Waals surface area (Å²) in [6, 6.07) is 8.68. The van der Waals surface area contributed by atoms with E-state index in [0.29, 0.717) is 5.41 Å². The van der Waals surface area contributed by atoms with Crippen LogP contribution in [0.3, 0.4) is 0 Å². The minimum absolute atomic E-state index is 0.574. The van der Waals surface area contributed by atoms with Gasteiger partial charge in [0.2, 0.25) is 0 Å². The van der Waals surface area contributed by atoms with Gasteiger partial charge in [-0.3, -0.25) is 0 Å². The molecular weight excluding hydrogens is 196 g/mol. The Labute approximate surface area is 97.6 Å². The normalized spacial score (nSPS) is 21.9. The predicted molar refractivity (Wildman–Crippen MR) is 69.1 cm³/mol. The van der Waals surface area contributed by atoms with Gasteiger partial charge < -0.3 is 10.2 Å². The van der Waals surface area contributed by atoms with E-state index in [9.17, 15) is 0 Å². The Morgan fingerprint density at radius 1 is 1.31 bits per heavy atom. The van der Waals surface area contributed by atoms with Crippen molar-refractivity contribution in [3.8, 4) is 0 Å². The van der Waals surface area contributed by atoms with Crippen LogP contribution in [0.25, 0.3) is 0 Å². The summed E-state index contributed by atoms with van der Waals surface area (Å²) in [5.74, 6) is 0. The zero-order chi connectivity index (χ0) is 11.0. The molecule has 1 fully saturated rings. The Bertz CT molecular complexity index is 382. The summed E-state index contributed by atoms with van der Waals surface area (Å²) in [4.78, 5) is 2.56. The van der Waals surface area contributed by atoms with Crippen LogP contribution >= 0.6 is 0 Å². The van der Waals surface area contributed by atoms with E-state index in [1.807, 2.05) is 0 Å². The van der Waals surface area contributed by atoms with Crippen molar-refractivity contribution in [2.45, 2.75) is 26.2 Å². The quantitative estimate of drug-likeness (QED) is 0.817. The Morgan fingerprint density at radius 3 is 2.88 bits per heavy atom. The molecule has 0 radical (unpaired) electrons. The molecule has 1 saturated carbocycles. The highest BCUT2D eigenvalue weighted by Gasteiger charge is 2.34. The molecule has 0 unspecified atom stereocenters. The van der Waals surface area contributed by atoms with Crippen molar-refractivity contribution < 1.29 is 0 Å². The van der Waals surface area contributed by atoms with Crippen molar-refractivity contribution >= 4 is 11.4 Å². The standard InChI is InChI=1S/C14H20N2/c1-14(7-4-8-14)11-16-10-9-15-12-5-2-3-6-13(12)16/h2-3,5-6,15H,4,7-11H2,1H3. The number of nitrogens with zero attached hydrogens (tertiary/aromatic N) is 1. The van der Waals surface area contributed by atoms with Crippen molar-refractivity contribution in [1.82, 2.24) is 0 Å². The van der Waals surface area contributed by atoms with E-state index in [2.05, 4.69) is 41.4 Å². The fraction of sp³-hybridized carbons (Fsp3) is 0.571. The van der Waals surface area contributed by atoms with Gasteiger partial charge in [0.15, 0.2) is 0 Å². The lowest BCUT2D eigenvalue weighted by Crippen LogP contribution is -2.44. The molecule has 1 aliphatic heterocycles. The van der Waals surface area contributed by atoms with Gasteiger partial charge in [-0.05, 0) is 30.4 Å². The monoisotopic (exact) mass is 216 g/mol. The summed E-state index contributed by atoms with van der Waals surface area (Å²) in [6.07, 6.45) is 4.22. The van der Waals surface area contributed by atoms with Crippen LogP contribution in [0.2, 0.25) is 0 Å². The van der Waals surface area contributed by atoms with Gasteiger partial charge in [0.1, 0.15) is 0 Å². The molecule has 0 spiro atoms. The number of para-hydroxylation sites is 2. The lowest BCUT2D eigenvalue weighted by Gasteiger charge is -2.44. The minimum Gasteiger partial charge on any atom is -0.382 e. The second-order valence-electron chi connectivity index (χ2n) is 5.53. The van der Waals surface area contributed by atoms with E-state index in [0.717, 1.165) is 13.1 Å². The van der Waals surface area contributed by atoms with E-state index in [-0.39, 0.29) is 0 Å². The molecule has 0 saturated heterocycles. The largest absolute Gasteiger partial charge is 0.382 e. The van der Waals surface area contributed by atoms with Gasteiger partial charge in [-0.25, -0.2) is 0 Å². The van der Waals surface area contributed by atoms with Crippen LogP contribution in [-0.4, -0.2) is 19.6 Å². The molecule has 1 aromatic carbocycles. The number of nitrogens with one attached hydrogen (secondary N) is 1. The van der Waals surface area contributed by atoms with Gasteiger partial charge in [-0.2, -0.15) is 0 Å². The maximum atomic E-state index is 3.47. The molecule has 2 nitrogen and oxygen atoms in total. The zero-order valence-corrected chi connectivity index (χ0v) is 10.00. The van der Waals surface area contributed by atoms with Crippen molar-refractivity contribution in [3.63, 3.8) is 0 Å². The van der Waals surface area contributed by atoms with E-state index in [1.54, 1.807) is 0 Å². The zero-order valence-electron chi connectivity index (χ0n) is 10.00. The first kappa shape index (κ1) is 10.0. The van der Waals surface area contributed by atoms with Crippen LogP contribution < -0.4 is 10.2 Å². The van der Waals surface area contributed by atoms with Crippen molar-refractivity contribution in [1.29, 1.82) is 0 Å². The smallest absolute Gasteiger partial charge is 0.0602 e. The number of fused-ring (bicyclic) bond motifs is 1. The Morgan fingerprint density at radius 2 is 2.12 bits per heavy atom. The van der Waals surface area contributed by atoms with Gasteiger partial charge in [0.05, 0.1) is 11.4 Å². The lowest BCUT2D eigenvalue weighted by molar-refractivity contribution is 0.168. The molecule has 1 aromatic rings. The second-order valence-corrected chi connectivity index (χ2v) is 5.53. The highest BCUT2D eigenvalue weighted by Crippen LogP contribution is 2.42. The summed E-state index contributed by atoms with van der Waals surface area (Å²) in [5.41, 5.74) is 3.27. The summed E-state index contributed by atoms with van der Waals surface area (Å²) in [6.45, 7) is 5.88. The maximum Gasteiger partial charge on any atom is 0.0602 e. The maximum absolute atomic E-state index is 3.47. The Balaban J connectivity index is 1.81. The molecule has 0 atom stereocenters. The van der Waals surface area contributed by atoms with Crippen molar-refractivity contribution in [2.75, 3.05) is 29.9 Å². The molecular formula is C14H20N2. The summed E-state index contributed by atoms with van der Waals surface area (Å²) >= 11 is 0. The summed E-state index contributed by atoms with van der Waals surface area (Å²) < 4.78 is 0. The van der Waals surface area contributed by atoms with Gasteiger partial charge in [0.25, 0.3) is 0 Å². The Kier molecular flexibility index (Phi) is 2.31. The third-order valence-electron chi connectivity index (χ3n) is 4.08. The van der Waals surface area contributed by atoms with Gasteiger partial charge in [-0.1, -0.05) is 25.5 Å². The summed E-state index contributed by atoms with van der Waals surface area (Å²) in [5, 5.41) is 3.47. The third-order valence-corrected chi connectivity index (χ3v) is 4.08. The number of hydrogen-bond donors (Lipinski definition) is 1. The van der Waals surface area contributed by atoms with Crippen LogP contribution in [0.1, 0.15) is 26.2 Å². The van der Waals surface area contributed by atoms with Crippen molar-refractivity contribution in [2.24, 2.45) is 5.41 Å². The fourth-order valence-corrected chi connectivity index (χ4v) is 2.91. The van der Waals surface area contributed by atoms with Crippen LogP contribution in [0.4, 0.5) is 11.4 Å². The average Bonchev–Trinajstić information content (AvgIpc) is 2.27. The van der Waals surface area contributed by atoms with Crippen LogP contribution in [0, 0.1) is 5.41 Å². The van der Waals surface area contributed by atoms with E-state index >= 15 is 0 Å². The molecule has 1 aliphatic carbocycles. The van der Waals surface area contributed by atoms with E-state index in [1.165, 1.54) is 37.2 Å². The Hall–Kier alpha value is -1.18. The molecule has 3 rings (SSSR count). The fourth-order valence-electron chi connectivity index (χ4n) is 2.91. The highest BCUT2D eigenvalue weighted by atomic mass is 15.2. The average molecular weight is 216 g/mol. The first-order chi connectivity index (χ1) is 7.77. The topological polar surface area (TPSA) is 15.3 Å². The predicted octanol–water partition coefficient (Wildman–Crippen LogP) is 3.11. The second kappa shape index (κ2) is 3.69. The van der Waals surface area contributed by atoms with Crippen molar-refractivity contribution in [3.05, 3.63) is 24.3 Å². The van der Waals surface area contributed by atoms with E-state index < -0.39 is 0 Å². The molecule has 2 heteroatoms. The molecule has 16 heavy (non-hydrogen) atoms. The number of benzene rings is 1. The summed E-state index contributed by atoms with van der Waals surface area (Å²) in [7, 11) is 0. The highest BCUT2D eigenvalue weighted by molar-refractivity contribution is 5.71. The minimum atomic E-state index is 0.574. The molecule has 1 heterocycles. The van der Waals surface area contributed by atoms with Gasteiger partial charge >= 0.3 is 0 Å². The van der Waals surface area contributed by atoms with Gasteiger partial charge in [0, 0.05) is 19.6 Å². The molecule has 0 amide bonds. The molecule has 0 aromatic heterocycles. The molecule has 2 aliphatic rings. The number of anilines is 2. The van der Waals surface area contributed by atoms with Crippen LogP contribution in [-0.2, 0) is 0 Å². The first-order valence-electron chi connectivity index (χ1n) is 6.35. The third kappa shape index (κ3) is 1.66. The first-order valence-corrected chi connectivity index (χ1v) is 6.35. The molecule has 0 bridgehead atoms. The number of hydrogen-bond acceptors (Lipinski definition) is 2. The van der Waals surface area contributed by atoms with Crippen LogP contribution in [0.5, 0.6) is 0 Å².